The van der Waals surface area contributed by atoms with Crippen molar-refractivity contribution in [1.29, 1.82) is 0 Å². The third-order valence-corrected chi connectivity index (χ3v) is 6.75. The molecular formula is C23H38N2O6. The molecule has 2 saturated heterocycles. The van der Waals surface area contributed by atoms with Crippen LogP contribution in [0.4, 0.5) is 4.79 Å². The van der Waals surface area contributed by atoms with Crippen molar-refractivity contribution in [3.05, 3.63) is 0 Å². The molecule has 8 nitrogen and oxygen atoms in total. The first-order chi connectivity index (χ1) is 14.4. The number of carboxylic acid groups (broad SMARTS) is 1. The van der Waals surface area contributed by atoms with Crippen LogP contribution in [-0.2, 0) is 19.1 Å². The summed E-state index contributed by atoms with van der Waals surface area (Å²) < 4.78 is 11.1. The number of hydrogen-bond acceptors (Lipinski definition) is 5. The van der Waals surface area contributed by atoms with Gasteiger partial charge in [-0.25, -0.2) is 9.59 Å². The van der Waals surface area contributed by atoms with E-state index in [9.17, 15) is 19.5 Å². The smallest absolute Gasteiger partial charge is 0.411 e. The molecule has 0 spiro atoms. The summed E-state index contributed by atoms with van der Waals surface area (Å²) in [5.74, 6) is -1.12. The SMILES string of the molecule is CC1(C)CCC(N(C(=O)[C@@H]2CCCO2)C2C[C@H](C(=O)O)N(C(=O)OC(C)(C)C)C2)CC1. The summed E-state index contributed by atoms with van der Waals surface area (Å²) in [6.07, 6.45) is 4.44. The van der Waals surface area contributed by atoms with Crippen LogP contribution >= 0.6 is 0 Å². The third kappa shape index (κ3) is 5.70. The van der Waals surface area contributed by atoms with Crippen LogP contribution in [0.25, 0.3) is 0 Å². The minimum absolute atomic E-state index is 0.0442. The van der Waals surface area contributed by atoms with E-state index in [1.165, 1.54) is 4.90 Å². The lowest BCUT2D eigenvalue weighted by Gasteiger charge is -2.43. The molecule has 0 aromatic rings. The fourth-order valence-corrected chi connectivity index (χ4v) is 5.03. The second-order valence-corrected chi connectivity index (χ2v) is 11.0. The molecule has 1 saturated carbocycles. The van der Waals surface area contributed by atoms with Crippen LogP contribution in [0.2, 0.25) is 0 Å². The zero-order valence-electron chi connectivity index (χ0n) is 19.6. The maximum Gasteiger partial charge on any atom is 0.411 e. The van der Waals surface area contributed by atoms with E-state index in [0.717, 1.165) is 32.1 Å². The second kappa shape index (κ2) is 8.96. The Morgan fingerprint density at radius 3 is 2.26 bits per heavy atom. The summed E-state index contributed by atoms with van der Waals surface area (Å²) >= 11 is 0. The van der Waals surface area contributed by atoms with Crippen LogP contribution in [0.3, 0.4) is 0 Å². The van der Waals surface area contributed by atoms with Crippen LogP contribution in [0.1, 0.15) is 79.6 Å². The number of hydrogen-bond donors (Lipinski definition) is 1. The number of carbonyl (C=O) groups is 3. The maximum absolute atomic E-state index is 13.5. The molecule has 3 fully saturated rings. The molecule has 176 valence electrons. The maximum atomic E-state index is 13.5. The highest BCUT2D eigenvalue weighted by Gasteiger charge is 2.48. The molecule has 31 heavy (non-hydrogen) atoms. The van der Waals surface area contributed by atoms with Crippen LogP contribution in [0, 0.1) is 5.41 Å². The Morgan fingerprint density at radius 1 is 1.10 bits per heavy atom. The Labute approximate surface area is 185 Å². The topological polar surface area (TPSA) is 96.4 Å². The highest BCUT2D eigenvalue weighted by molar-refractivity contribution is 5.84. The second-order valence-electron chi connectivity index (χ2n) is 11.0. The molecule has 3 atom stereocenters. The van der Waals surface area contributed by atoms with E-state index in [1.807, 2.05) is 4.90 Å². The minimum atomic E-state index is -1.07. The van der Waals surface area contributed by atoms with Crippen LogP contribution in [-0.4, -0.2) is 75.9 Å². The molecule has 0 aromatic carbocycles. The largest absolute Gasteiger partial charge is 0.480 e. The Hall–Kier alpha value is -1.83. The fraction of sp³-hybridized carbons (Fsp3) is 0.870. The number of carboxylic acids is 1. The van der Waals surface area contributed by atoms with Gasteiger partial charge in [0.1, 0.15) is 17.7 Å². The predicted molar refractivity (Wildman–Crippen MR) is 115 cm³/mol. The molecule has 0 bridgehead atoms. The number of likely N-dealkylation sites (tertiary alicyclic amines) is 1. The highest BCUT2D eigenvalue weighted by Crippen LogP contribution is 2.39. The van der Waals surface area contributed by atoms with E-state index >= 15 is 0 Å². The quantitative estimate of drug-likeness (QED) is 0.722. The third-order valence-electron chi connectivity index (χ3n) is 6.75. The standard InChI is InChI=1S/C23H38N2O6/c1-22(2,3)31-21(29)24-14-16(13-17(24)20(27)28)25(19(26)18-7-6-12-30-18)15-8-10-23(4,5)11-9-15/h15-18H,6-14H2,1-5H3,(H,27,28)/t16?,17-,18+/m1/s1. The van der Waals surface area contributed by atoms with Crippen molar-refractivity contribution in [1.82, 2.24) is 9.80 Å². The van der Waals surface area contributed by atoms with Crippen molar-refractivity contribution >= 4 is 18.0 Å². The molecule has 3 rings (SSSR count). The van der Waals surface area contributed by atoms with Gasteiger partial charge in [0.25, 0.3) is 5.91 Å². The van der Waals surface area contributed by atoms with Gasteiger partial charge in [0, 0.05) is 25.6 Å². The highest BCUT2D eigenvalue weighted by atomic mass is 16.6. The number of ether oxygens (including phenoxy) is 2. The first-order valence-corrected chi connectivity index (χ1v) is 11.5. The summed E-state index contributed by atoms with van der Waals surface area (Å²) in [5, 5.41) is 9.78. The predicted octanol–water partition coefficient (Wildman–Crippen LogP) is 3.43. The lowest BCUT2D eigenvalue weighted by atomic mass is 9.75. The molecule has 2 aliphatic heterocycles. The van der Waals surface area contributed by atoms with Gasteiger partial charge in [0.05, 0.1) is 6.04 Å². The van der Waals surface area contributed by atoms with Gasteiger partial charge in [0.2, 0.25) is 0 Å². The number of nitrogens with zero attached hydrogens (tertiary/aromatic N) is 2. The summed E-state index contributed by atoms with van der Waals surface area (Å²) in [4.78, 5) is 41.4. The lowest BCUT2D eigenvalue weighted by Crippen LogP contribution is -2.53. The lowest BCUT2D eigenvalue weighted by molar-refractivity contribution is -0.148. The molecule has 2 heterocycles. The van der Waals surface area contributed by atoms with Gasteiger partial charge in [-0.1, -0.05) is 13.8 Å². The molecule has 8 heteroatoms. The van der Waals surface area contributed by atoms with Crippen molar-refractivity contribution in [2.24, 2.45) is 5.41 Å². The van der Waals surface area contributed by atoms with Crippen LogP contribution < -0.4 is 0 Å². The van der Waals surface area contributed by atoms with E-state index in [0.29, 0.717) is 13.0 Å². The van der Waals surface area contributed by atoms with Crippen molar-refractivity contribution in [3.63, 3.8) is 0 Å². The molecule has 1 N–H and O–H groups in total. The van der Waals surface area contributed by atoms with Crippen molar-refractivity contribution in [2.75, 3.05) is 13.2 Å². The van der Waals surface area contributed by atoms with E-state index in [1.54, 1.807) is 20.8 Å². The van der Waals surface area contributed by atoms with Crippen LogP contribution in [0.15, 0.2) is 0 Å². The number of amides is 2. The Kier molecular flexibility index (Phi) is 6.89. The first-order valence-electron chi connectivity index (χ1n) is 11.5. The molecule has 1 aliphatic carbocycles. The van der Waals surface area contributed by atoms with Crippen LogP contribution in [0.5, 0.6) is 0 Å². The van der Waals surface area contributed by atoms with Crippen molar-refractivity contribution in [2.45, 2.75) is 109 Å². The molecular weight excluding hydrogens is 400 g/mol. The average Bonchev–Trinajstić information content (AvgIpc) is 3.31. The van der Waals surface area contributed by atoms with E-state index in [4.69, 9.17) is 9.47 Å². The molecule has 1 unspecified atom stereocenters. The number of carbonyl (C=O) groups excluding carboxylic acids is 2. The zero-order valence-corrected chi connectivity index (χ0v) is 19.6. The van der Waals surface area contributed by atoms with Gasteiger partial charge in [-0.05, 0) is 64.7 Å². The van der Waals surface area contributed by atoms with Gasteiger partial charge in [-0.15, -0.1) is 0 Å². The van der Waals surface area contributed by atoms with Gasteiger partial charge in [0.15, 0.2) is 0 Å². The van der Waals surface area contributed by atoms with Gasteiger partial charge in [-0.3, -0.25) is 9.69 Å². The number of aliphatic carboxylic acids is 1. The fourth-order valence-electron chi connectivity index (χ4n) is 5.03. The molecule has 2 amide bonds. The van der Waals surface area contributed by atoms with Crippen molar-refractivity contribution in [3.8, 4) is 0 Å². The zero-order chi connectivity index (χ0) is 23.0. The van der Waals surface area contributed by atoms with Gasteiger partial charge in [-0.2, -0.15) is 0 Å². The minimum Gasteiger partial charge on any atom is -0.480 e. The van der Waals surface area contributed by atoms with E-state index in [2.05, 4.69) is 13.8 Å². The molecule has 0 aromatic heterocycles. The molecule has 3 aliphatic rings. The number of rotatable bonds is 4. The first kappa shape index (κ1) is 23.8. The Balaban J connectivity index is 1.83. The van der Waals surface area contributed by atoms with E-state index in [-0.39, 0.29) is 36.4 Å². The molecule has 0 radical (unpaired) electrons. The van der Waals surface area contributed by atoms with Gasteiger partial charge < -0.3 is 19.5 Å². The Morgan fingerprint density at radius 2 is 1.74 bits per heavy atom. The Bertz CT molecular complexity index is 685. The summed E-state index contributed by atoms with van der Waals surface area (Å²) in [6, 6.07) is -1.31. The van der Waals surface area contributed by atoms with Crippen molar-refractivity contribution < 1.29 is 29.0 Å². The van der Waals surface area contributed by atoms with Gasteiger partial charge >= 0.3 is 12.1 Å². The summed E-state index contributed by atoms with van der Waals surface area (Å²) in [7, 11) is 0. The van der Waals surface area contributed by atoms with E-state index < -0.39 is 29.8 Å². The summed E-state index contributed by atoms with van der Waals surface area (Å²) in [5.41, 5.74) is -0.475. The monoisotopic (exact) mass is 438 g/mol. The normalized spacial score (nSPS) is 29.1. The average molecular weight is 439 g/mol. The summed E-state index contributed by atoms with van der Waals surface area (Å²) in [6.45, 7) is 10.5.